The molecule has 5 heteroatoms. The van der Waals surface area contributed by atoms with Crippen LogP contribution in [0.3, 0.4) is 0 Å². The lowest BCUT2D eigenvalue weighted by Gasteiger charge is -2.34. The first-order chi connectivity index (χ1) is 9.49. The van der Waals surface area contributed by atoms with Crippen LogP contribution >= 0.6 is 0 Å². The predicted octanol–water partition coefficient (Wildman–Crippen LogP) is 1.02. The average molecular weight is 276 g/mol. The first kappa shape index (κ1) is 14.5. The van der Waals surface area contributed by atoms with Gasteiger partial charge in [-0.1, -0.05) is 38.1 Å². The van der Waals surface area contributed by atoms with Gasteiger partial charge in [0.15, 0.2) is 0 Å². The number of carboxylic acids is 1. The molecule has 0 fully saturated rings. The summed E-state index contributed by atoms with van der Waals surface area (Å²) >= 11 is 0. The molecule has 0 saturated carbocycles. The van der Waals surface area contributed by atoms with E-state index in [1.807, 2.05) is 38.1 Å². The lowest BCUT2D eigenvalue weighted by Crippen LogP contribution is -2.51. The summed E-state index contributed by atoms with van der Waals surface area (Å²) in [6.07, 6.45) is 0.374. The van der Waals surface area contributed by atoms with Gasteiger partial charge in [0.05, 0.1) is 6.54 Å². The Morgan fingerprint density at radius 1 is 1.35 bits per heavy atom. The molecule has 2 N–H and O–H groups in total. The minimum absolute atomic E-state index is 0.166. The van der Waals surface area contributed by atoms with Crippen molar-refractivity contribution >= 4 is 11.9 Å². The van der Waals surface area contributed by atoms with E-state index >= 15 is 0 Å². The Balaban J connectivity index is 2.18. The number of benzene rings is 1. The van der Waals surface area contributed by atoms with Crippen molar-refractivity contribution in [2.24, 2.45) is 0 Å². The van der Waals surface area contributed by atoms with E-state index in [1.54, 1.807) is 0 Å². The summed E-state index contributed by atoms with van der Waals surface area (Å²) in [5.41, 5.74) is 2.05. The number of hydrogen-bond donors (Lipinski definition) is 2. The minimum Gasteiger partial charge on any atom is -0.480 e. The minimum atomic E-state index is -0.947. The number of aliphatic carboxylic acids is 1. The number of amides is 1. The maximum Gasteiger partial charge on any atom is 0.326 e. The monoisotopic (exact) mass is 276 g/mol. The Hall–Kier alpha value is -1.88. The van der Waals surface area contributed by atoms with Gasteiger partial charge in [-0.05, 0) is 11.1 Å². The van der Waals surface area contributed by atoms with Gasteiger partial charge in [0.25, 0.3) is 0 Å². The third-order valence-corrected chi connectivity index (χ3v) is 3.52. The van der Waals surface area contributed by atoms with Gasteiger partial charge in [-0.15, -0.1) is 0 Å². The first-order valence-electron chi connectivity index (χ1n) is 6.81. The second-order valence-electron chi connectivity index (χ2n) is 5.38. The topological polar surface area (TPSA) is 69.6 Å². The Labute approximate surface area is 118 Å². The molecular formula is C15H20N2O3. The molecule has 108 valence electrons. The third kappa shape index (κ3) is 3.17. The molecule has 1 atom stereocenters. The smallest absolute Gasteiger partial charge is 0.326 e. The molecule has 20 heavy (non-hydrogen) atoms. The zero-order chi connectivity index (χ0) is 14.7. The van der Waals surface area contributed by atoms with Gasteiger partial charge < -0.3 is 15.3 Å². The maximum absolute atomic E-state index is 12.2. The fraction of sp³-hybridized carbons (Fsp3) is 0.467. The number of fused-ring (bicyclic) bond motifs is 1. The summed E-state index contributed by atoms with van der Waals surface area (Å²) in [5, 5.41) is 12.4. The molecule has 1 aromatic carbocycles. The zero-order valence-corrected chi connectivity index (χ0v) is 11.8. The zero-order valence-electron chi connectivity index (χ0n) is 11.8. The normalized spacial score (nSPS) is 17.9. The van der Waals surface area contributed by atoms with Gasteiger partial charge in [-0.2, -0.15) is 0 Å². The van der Waals surface area contributed by atoms with Crippen LogP contribution in [0.25, 0.3) is 0 Å². The number of hydrogen-bond acceptors (Lipinski definition) is 3. The molecule has 5 nitrogen and oxygen atoms in total. The van der Waals surface area contributed by atoms with Crippen molar-refractivity contribution in [3.8, 4) is 0 Å². The number of carbonyl (C=O) groups is 2. The van der Waals surface area contributed by atoms with Crippen LogP contribution in [0, 0.1) is 0 Å². The Bertz CT molecular complexity index is 514. The second kappa shape index (κ2) is 6.05. The molecule has 2 rings (SSSR count). The predicted molar refractivity (Wildman–Crippen MR) is 75.3 cm³/mol. The number of nitrogens with zero attached hydrogens (tertiary/aromatic N) is 1. The van der Waals surface area contributed by atoms with Crippen LogP contribution in [-0.4, -0.2) is 40.5 Å². The summed E-state index contributed by atoms with van der Waals surface area (Å²) in [6.45, 7) is 4.44. The highest BCUT2D eigenvalue weighted by Gasteiger charge is 2.34. The van der Waals surface area contributed by atoms with Gasteiger partial charge in [0.2, 0.25) is 5.91 Å². The number of carboxylic acid groups (broad SMARTS) is 1. The summed E-state index contributed by atoms with van der Waals surface area (Å²) in [5.74, 6) is -1.11. The second-order valence-corrected chi connectivity index (χ2v) is 5.38. The van der Waals surface area contributed by atoms with E-state index in [1.165, 1.54) is 4.90 Å². The molecule has 0 spiro atoms. The fourth-order valence-electron chi connectivity index (χ4n) is 2.40. The van der Waals surface area contributed by atoms with Crippen molar-refractivity contribution in [2.75, 3.05) is 6.54 Å². The fourth-order valence-corrected chi connectivity index (χ4v) is 2.40. The molecule has 0 saturated heterocycles. The molecule has 0 bridgehead atoms. The van der Waals surface area contributed by atoms with Crippen molar-refractivity contribution in [1.82, 2.24) is 10.2 Å². The molecule has 1 amide bonds. The van der Waals surface area contributed by atoms with Gasteiger partial charge >= 0.3 is 5.97 Å². The molecule has 0 aromatic heterocycles. The van der Waals surface area contributed by atoms with E-state index < -0.39 is 12.0 Å². The number of rotatable bonds is 4. The molecule has 0 radical (unpaired) electrons. The number of carbonyl (C=O) groups excluding carboxylic acids is 1. The highest BCUT2D eigenvalue weighted by Crippen LogP contribution is 2.23. The van der Waals surface area contributed by atoms with Crippen LogP contribution < -0.4 is 5.32 Å². The molecule has 1 aromatic rings. The molecule has 1 aliphatic rings. The quantitative estimate of drug-likeness (QED) is 0.861. The van der Waals surface area contributed by atoms with Crippen molar-refractivity contribution in [1.29, 1.82) is 0 Å². The van der Waals surface area contributed by atoms with Gasteiger partial charge in [-0.25, -0.2) is 4.79 Å². The van der Waals surface area contributed by atoms with Crippen molar-refractivity contribution in [3.05, 3.63) is 35.4 Å². The van der Waals surface area contributed by atoms with Gasteiger partial charge in [0.1, 0.15) is 6.04 Å². The van der Waals surface area contributed by atoms with Crippen LogP contribution in [0.1, 0.15) is 25.0 Å². The van der Waals surface area contributed by atoms with Crippen LogP contribution in [0.15, 0.2) is 24.3 Å². The summed E-state index contributed by atoms with van der Waals surface area (Å²) in [7, 11) is 0. The van der Waals surface area contributed by atoms with Crippen LogP contribution in [0.5, 0.6) is 0 Å². The lowest BCUT2D eigenvalue weighted by molar-refractivity contribution is -0.151. The SMILES string of the molecule is CC(C)NCC(=O)N1Cc2ccccc2CC1C(=O)O. The van der Waals surface area contributed by atoms with Crippen LogP contribution in [0.4, 0.5) is 0 Å². The van der Waals surface area contributed by atoms with Gasteiger partial charge in [0, 0.05) is 19.0 Å². The molecule has 1 aliphatic heterocycles. The van der Waals surface area contributed by atoms with Crippen LogP contribution in [0.2, 0.25) is 0 Å². The van der Waals surface area contributed by atoms with Crippen molar-refractivity contribution < 1.29 is 14.7 Å². The van der Waals surface area contributed by atoms with E-state index in [9.17, 15) is 14.7 Å². The first-order valence-corrected chi connectivity index (χ1v) is 6.81. The van der Waals surface area contributed by atoms with E-state index in [-0.39, 0.29) is 18.5 Å². The van der Waals surface area contributed by atoms with Crippen molar-refractivity contribution in [3.63, 3.8) is 0 Å². The maximum atomic E-state index is 12.2. The molecule has 0 aliphatic carbocycles. The Morgan fingerprint density at radius 3 is 2.60 bits per heavy atom. The van der Waals surface area contributed by atoms with Crippen LogP contribution in [-0.2, 0) is 22.6 Å². The summed E-state index contributed by atoms with van der Waals surface area (Å²) in [6, 6.07) is 7.11. The van der Waals surface area contributed by atoms with Gasteiger partial charge in [-0.3, -0.25) is 4.79 Å². The number of nitrogens with one attached hydrogen (secondary N) is 1. The van der Waals surface area contributed by atoms with Crippen molar-refractivity contribution in [2.45, 2.75) is 38.9 Å². The van der Waals surface area contributed by atoms with E-state index in [4.69, 9.17) is 0 Å². The highest BCUT2D eigenvalue weighted by molar-refractivity contribution is 5.85. The Kier molecular flexibility index (Phi) is 4.39. The highest BCUT2D eigenvalue weighted by atomic mass is 16.4. The molecule has 1 unspecified atom stereocenters. The van der Waals surface area contributed by atoms with E-state index in [2.05, 4.69) is 5.32 Å². The lowest BCUT2D eigenvalue weighted by atomic mass is 9.94. The summed E-state index contributed by atoms with van der Waals surface area (Å²) < 4.78 is 0. The third-order valence-electron chi connectivity index (χ3n) is 3.52. The van der Waals surface area contributed by atoms with E-state index in [0.717, 1.165) is 11.1 Å². The summed E-state index contributed by atoms with van der Waals surface area (Å²) in [4.78, 5) is 25.1. The molecule has 1 heterocycles. The average Bonchev–Trinajstić information content (AvgIpc) is 2.43. The Morgan fingerprint density at radius 2 is 2.00 bits per heavy atom. The standard InChI is InChI=1S/C15H20N2O3/c1-10(2)16-8-14(18)17-9-12-6-4-3-5-11(12)7-13(17)15(19)20/h3-6,10,13,16H,7-9H2,1-2H3,(H,19,20). The van der Waals surface area contributed by atoms with E-state index in [0.29, 0.717) is 13.0 Å². The largest absolute Gasteiger partial charge is 0.480 e. The molecular weight excluding hydrogens is 256 g/mol.